The lowest BCUT2D eigenvalue weighted by atomic mass is 9.95. The fraction of sp³-hybridized carbons (Fsp3) is 0.214. The maximum absolute atomic E-state index is 13.5. The van der Waals surface area contributed by atoms with Crippen LogP contribution in [-0.4, -0.2) is 33.6 Å². The summed E-state index contributed by atoms with van der Waals surface area (Å²) in [6, 6.07) is 15.9. The molecule has 4 aromatic rings. The van der Waals surface area contributed by atoms with Crippen molar-refractivity contribution in [3.8, 4) is 5.75 Å². The van der Waals surface area contributed by atoms with Gasteiger partial charge in [-0.25, -0.2) is 4.39 Å². The van der Waals surface area contributed by atoms with E-state index in [1.54, 1.807) is 53.9 Å². The van der Waals surface area contributed by atoms with E-state index >= 15 is 0 Å². The van der Waals surface area contributed by atoms with Crippen LogP contribution in [0.15, 0.2) is 81.7 Å². The highest BCUT2D eigenvalue weighted by Gasteiger charge is 2.46. The third-order valence-electron chi connectivity index (χ3n) is 6.04. The molecular formula is C28H24FN3O4S3. The minimum Gasteiger partial charge on any atom is -0.503 e. The second kappa shape index (κ2) is 12.1. The lowest BCUT2D eigenvalue weighted by molar-refractivity contribution is -0.117. The second-order valence-corrected chi connectivity index (χ2v) is 11.8. The van der Waals surface area contributed by atoms with Gasteiger partial charge in [-0.2, -0.15) is 0 Å². The highest BCUT2D eigenvalue weighted by atomic mass is 32.2. The number of aliphatic hydroxyl groups is 1. The van der Waals surface area contributed by atoms with Crippen LogP contribution in [-0.2, 0) is 10.5 Å². The average molecular weight is 582 g/mol. The molecule has 1 N–H and O–H groups in total. The number of halogens is 1. The second-order valence-electron chi connectivity index (χ2n) is 8.68. The van der Waals surface area contributed by atoms with E-state index in [0.29, 0.717) is 32.9 Å². The van der Waals surface area contributed by atoms with Gasteiger partial charge in [0.1, 0.15) is 11.6 Å². The molecule has 200 valence electrons. The number of aliphatic hydroxyl groups excluding tert-OH is 1. The lowest BCUT2D eigenvalue weighted by Crippen LogP contribution is -2.31. The highest BCUT2D eigenvalue weighted by molar-refractivity contribution is 8.00. The van der Waals surface area contributed by atoms with Gasteiger partial charge in [0, 0.05) is 5.75 Å². The third kappa shape index (κ3) is 5.90. The molecule has 1 aliphatic heterocycles. The summed E-state index contributed by atoms with van der Waals surface area (Å²) in [5, 5.41) is 21.4. The Morgan fingerprint density at radius 1 is 1.13 bits per heavy atom. The van der Waals surface area contributed by atoms with Gasteiger partial charge in [0.2, 0.25) is 10.9 Å². The van der Waals surface area contributed by atoms with Crippen molar-refractivity contribution in [2.45, 2.75) is 35.9 Å². The van der Waals surface area contributed by atoms with Crippen molar-refractivity contribution in [2.75, 3.05) is 11.5 Å². The molecule has 0 spiro atoms. The number of thiophene rings is 1. The summed E-state index contributed by atoms with van der Waals surface area (Å²) in [7, 11) is 0. The summed E-state index contributed by atoms with van der Waals surface area (Å²) in [6.45, 7) is 2.68. The van der Waals surface area contributed by atoms with Crippen molar-refractivity contribution < 1.29 is 23.8 Å². The molecule has 0 fully saturated rings. The van der Waals surface area contributed by atoms with Crippen molar-refractivity contribution >= 4 is 51.3 Å². The van der Waals surface area contributed by atoms with E-state index in [4.69, 9.17) is 4.74 Å². The number of anilines is 1. The summed E-state index contributed by atoms with van der Waals surface area (Å²) in [4.78, 5) is 28.6. The van der Waals surface area contributed by atoms with Crippen LogP contribution in [0.4, 0.5) is 9.52 Å². The molecule has 0 saturated heterocycles. The van der Waals surface area contributed by atoms with E-state index in [-0.39, 0.29) is 16.5 Å². The highest BCUT2D eigenvalue weighted by Crippen LogP contribution is 2.44. The molecule has 0 saturated carbocycles. The van der Waals surface area contributed by atoms with Crippen LogP contribution >= 0.6 is 34.4 Å². The van der Waals surface area contributed by atoms with Crippen molar-refractivity contribution in [3.05, 3.63) is 99.2 Å². The first-order valence-corrected chi connectivity index (χ1v) is 14.9. The lowest BCUT2D eigenvalue weighted by Gasteiger charge is -2.24. The Bertz CT molecular complexity index is 1490. The number of carbonyl (C=O) groups excluding carboxylic acids is 2. The number of thioether (sulfide) groups is 1. The molecule has 39 heavy (non-hydrogen) atoms. The number of ether oxygens (including phenoxy) is 1. The van der Waals surface area contributed by atoms with E-state index in [1.165, 1.54) is 51.5 Å². The molecule has 1 aliphatic rings. The Morgan fingerprint density at radius 2 is 1.90 bits per heavy atom. The van der Waals surface area contributed by atoms with Gasteiger partial charge in [-0.15, -0.1) is 21.5 Å². The van der Waals surface area contributed by atoms with E-state index in [9.17, 15) is 19.1 Å². The standard InChI is InChI=1S/C28H24FN3O4S3/c1-2-3-14-36-20-12-8-18(9-13-20)23-22(24(33)21-5-4-15-37-21)25(34)26(35)32(23)27-30-31-28(39-27)38-16-17-6-10-19(29)11-7-17/h4-13,15,23,34H,2-3,14,16H2,1H3. The number of ketones is 1. The Labute approximate surface area is 237 Å². The van der Waals surface area contributed by atoms with Crippen LogP contribution < -0.4 is 9.64 Å². The number of hydrogen-bond donors (Lipinski definition) is 1. The molecule has 1 amide bonds. The number of amides is 1. The first kappa shape index (κ1) is 27.0. The molecule has 11 heteroatoms. The molecule has 0 bridgehead atoms. The van der Waals surface area contributed by atoms with Crippen molar-refractivity contribution in [1.29, 1.82) is 0 Å². The first-order chi connectivity index (χ1) is 19.0. The van der Waals surface area contributed by atoms with E-state index in [1.807, 2.05) is 0 Å². The van der Waals surface area contributed by atoms with Gasteiger partial charge < -0.3 is 9.84 Å². The van der Waals surface area contributed by atoms with Gasteiger partial charge in [-0.05, 0) is 53.3 Å². The largest absolute Gasteiger partial charge is 0.503 e. The smallest absolute Gasteiger partial charge is 0.296 e. The van der Waals surface area contributed by atoms with Crippen LogP contribution in [0.1, 0.15) is 46.6 Å². The minimum absolute atomic E-state index is 0.00202. The van der Waals surface area contributed by atoms with Gasteiger partial charge in [0.25, 0.3) is 5.91 Å². The number of Topliss-reactive ketones (excluding diaryl/α,β-unsaturated/α-hetero) is 1. The van der Waals surface area contributed by atoms with E-state index < -0.39 is 23.5 Å². The van der Waals surface area contributed by atoms with Gasteiger partial charge in [0.15, 0.2) is 10.1 Å². The molecule has 0 radical (unpaired) electrons. The zero-order chi connectivity index (χ0) is 27.4. The molecule has 3 heterocycles. The number of nitrogens with zero attached hydrogens (tertiary/aromatic N) is 3. The van der Waals surface area contributed by atoms with Crippen molar-refractivity contribution in [2.24, 2.45) is 0 Å². The SMILES string of the molecule is CCCCOc1ccc(C2C(C(=O)c3cccs3)=C(O)C(=O)N2c2nnc(SCc3ccc(F)cc3)s2)cc1. The van der Waals surface area contributed by atoms with Gasteiger partial charge in [0.05, 0.1) is 23.1 Å². The molecule has 1 unspecified atom stereocenters. The Balaban J connectivity index is 1.45. The minimum atomic E-state index is -0.889. The monoisotopic (exact) mass is 581 g/mol. The number of unbranched alkanes of at least 4 members (excludes halogenated alkanes) is 1. The van der Waals surface area contributed by atoms with Crippen LogP contribution in [0.3, 0.4) is 0 Å². The zero-order valence-electron chi connectivity index (χ0n) is 20.9. The molecule has 7 nitrogen and oxygen atoms in total. The molecule has 1 atom stereocenters. The number of benzene rings is 2. The van der Waals surface area contributed by atoms with Gasteiger partial charge in [-0.3, -0.25) is 14.5 Å². The topological polar surface area (TPSA) is 92.6 Å². The van der Waals surface area contributed by atoms with Crippen LogP contribution in [0.25, 0.3) is 0 Å². The van der Waals surface area contributed by atoms with E-state index in [2.05, 4.69) is 17.1 Å². The Morgan fingerprint density at radius 3 is 2.59 bits per heavy atom. The molecule has 5 rings (SSSR count). The summed E-state index contributed by atoms with van der Waals surface area (Å²) in [5.74, 6) is -0.815. The maximum Gasteiger partial charge on any atom is 0.296 e. The number of aromatic nitrogens is 2. The number of rotatable bonds is 11. The van der Waals surface area contributed by atoms with Gasteiger partial charge >= 0.3 is 0 Å². The van der Waals surface area contributed by atoms with Gasteiger partial charge in [-0.1, -0.05) is 66.8 Å². The maximum atomic E-state index is 13.5. The molecule has 2 aromatic carbocycles. The molecule has 0 aliphatic carbocycles. The van der Waals surface area contributed by atoms with Crippen LogP contribution in [0.5, 0.6) is 5.75 Å². The third-order valence-corrected chi connectivity index (χ3v) is 9.03. The first-order valence-electron chi connectivity index (χ1n) is 12.2. The summed E-state index contributed by atoms with van der Waals surface area (Å²) in [6.07, 6.45) is 1.95. The number of hydrogen-bond acceptors (Lipinski definition) is 9. The fourth-order valence-electron chi connectivity index (χ4n) is 4.06. The fourth-order valence-corrected chi connectivity index (χ4v) is 6.56. The summed E-state index contributed by atoms with van der Waals surface area (Å²) < 4.78 is 19.6. The van der Waals surface area contributed by atoms with Crippen molar-refractivity contribution in [1.82, 2.24) is 10.2 Å². The average Bonchev–Trinajstić information content (AvgIpc) is 3.70. The van der Waals surface area contributed by atoms with Crippen LogP contribution in [0, 0.1) is 5.82 Å². The van der Waals surface area contributed by atoms with E-state index in [0.717, 1.165) is 18.4 Å². The quantitative estimate of drug-likeness (QED) is 0.0883. The Kier molecular flexibility index (Phi) is 8.39. The summed E-state index contributed by atoms with van der Waals surface area (Å²) in [5.41, 5.74) is 1.54. The predicted molar refractivity (Wildman–Crippen MR) is 151 cm³/mol. The van der Waals surface area contributed by atoms with Crippen molar-refractivity contribution in [3.63, 3.8) is 0 Å². The zero-order valence-corrected chi connectivity index (χ0v) is 23.3. The van der Waals surface area contributed by atoms with Crippen LogP contribution in [0.2, 0.25) is 0 Å². The molecule has 2 aromatic heterocycles. The summed E-state index contributed by atoms with van der Waals surface area (Å²) >= 11 is 3.83. The normalized spacial score (nSPS) is 15.3. The number of carbonyl (C=O) groups is 2. The Hall–Kier alpha value is -3.54. The predicted octanol–water partition coefficient (Wildman–Crippen LogP) is 6.99. The molecular weight excluding hydrogens is 558 g/mol.